The molecule has 2 fully saturated rings. The number of carboxylic acids is 1. The quantitative estimate of drug-likeness (QED) is 0.511. The molecule has 0 atom stereocenters. The van der Waals surface area contributed by atoms with Crippen molar-refractivity contribution in [2.75, 3.05) is 62.0 Å². The fraction of sp³-hybridized carbons (Fsp3) is 0.652. The van der Waals surface area contributed by atoms with E-state index in [1.54, 1.807) is 6.92 Å². The highest BCUT2D eigenvalue weighted by Crippen LogP contribution is 2.31. The third kappa shape index (κ3) is 5.76. The van der Waals surface area contributed by atoms with Gasteiger partial charge in [0.2, 0.25) is 5.95 Å². The van der Waals surface area contributed by atoms with Crippen LogP contribution in [0.3, 0.4) is 0 Å². The number of aliphatic hydroxyl groups excluding tert-OH is 1. The average molecular weight is 490 g/mol. The predicted octanol–water partition coefficient (Wildman–Crippen LogP) is 2.81. The maximum absolute atomic E-state index is 11.4. The molecule has 2 saturated heterocycles. The molecule has 2 aliphatic rings. The minimum Gasteiger partial charge on any atom is -0.477 e. The van der Waals surface area contributed by atoms with Gasteiger partial charge in [-0.1, -0.05) is 11.3 Å². The van der Waals surface area contributed by atoms with Crippen LogP contribution in [0.4, 0.5) is 22.7 Å². The van der Waals surface area contributed by atoms with Crippen LogP contribution in [0, 0.1) is 12.8 Å². The maximum atomic E-state index is 11.4. The number of rotatable bonds is 8. The van der Waals surface area contributed by atoms with E-state index in [1.807, 2.05) is 0 Å². The van der Waals surface area contributed by atoms with Crippen LogP contribution in [-0.2, 0) is 0 Å². The number of aryl methyl sites for hydroxylation is 1. The van der Waals surface area contributed by atoms with Gasteiger partial charge in [0.15, 0.2) is 5.13 Å². The maximum Gasteiger partial charge on any atom is 0.347 e. The summed E-state index contributed by atoms with van der Waals surface area (Å²) in [6.07, 6.45) is 5.07. The molecule has 2 aromatic heterocycles. The highest BCUT2D eigenvalue weighted by Gasteiger charge is 2.25. The van der Waals surface area contributed by atoms with Gasteiger partial charge in [-0.15, -0.1) is 0 Å². The van der Waals surface area contributed by atoms with Crippen LogP contribution in [-0.4, -0.2) is 89.0 Å². The number of nitrogens with zero attached hydrogens (tertiary/aromatic N) is 6. The summed E-state index contributed by atoms with van der Waals surface area (Å²) in [5.74, 6) is 1.77. The van der Waals surface area contributed by atoms with Gasteiger partial charge >= 0.3 is 5.97 Å². The number of carboxylic acid groups (broad SMARTS) is 1. The van der Waals surface area contributed by atoms with Gasteiger partial charge in [0.25, 0.3) is 0 Å². The summed E-state index contributed by atoms with van der Waals surface area (Å²) in [6.45, 7) is 5.57. The lowest BCUT2D eigenvalue weighted by Crippen LogP contribution is -2.42. The Labute approximate surface area is 204 Å². The second kappa shape index (κ2) is 10.8. The molecule has 0 bridgehead atoms. The zero-order valence-corrected chi connectivity index (χ0v) is 21.0. The fourth-order valence-electron chi connectivity index (χ4n) is 4.79. The van der Waals surface area contributed by atoms with Crippen LogP contribution in [0.15, 0.2) is 6.07 Å². The highest BCUT2D eigenvalue weighted by molar-refractivity contribution is 7.17. The first-order valence-corrected chi connectivity index (χ1v) is 12.8. The standard InChI is InChI=1S/C23H35N7O3S/c1-15-20(21(32)33)34-23(24-15)27-22-25-18(29-9-4-16(5-10-29)8-13-31)14-19(26-22)30-11-6-17(7-12-30)28(2)3/h14,16-17,31H,4-13H2,1-3H3,(H,32,33)(H,24,25,26,27). The molecule has 4 rings (SSSR count). The Morgan fingerprint density at radius 1 is 1.09 bits per heavy atom. The van der Waals surface area contributed by atoms with Crippen molar-refractivity contribution >= 4 is 40.0 Å². The largest absolute Gasteiger partial charge is 0.477 e. The minimum absolute atomic E-state index is 0.218. The zero-order valence-electron chi connectivity index (χ0n) is 20.2. The first-order valence-electron chi connectivity index (χ1n) is 12.0. The molecular weight excluding hydrogens is 454 g/mol. The van der Waals surface area contributed by atoms with Gasteiger partial charge in [0.1, 0.15) is 16.5 Å². The van der Waals surface area contributed by atoms with E-state index in [1.165, 1.54) is 0 Å². The van der Waals surface area contributed by atoms with Gasteiger partial charge in [-0.3, -0.25) is 5.32 Å². The molecule has 2 aromatic rings. The van der Waals surface area contributed by atoms with Crippen LogP contribution in [0.2, 0.25) is 0 Å². The number of hydrogen-bond donors (Lipinski definition) is 3. The lowest BCUT2D eigenvalue weighted by molar-refractivity contribution is 0.0701. The average Bonchev–Trinajstić information content (AvgIpc) is 3.19. The number of carbonyl (C=O) groups is 1. The van der Waals surface area contributed by atoms with E-state index in [0.717, 1.165) is 81.3 Å². The molecule has 0 radical (unpaired) electrons. The van der Waals surface area contributed by atoms with Crippen molar-refractivity contribution < 1.29 is 15.0 Å². The van der Waals surface area contributed by atoms with Crippen molar-refractivity contribution in [1.29, 1.82) is 0 Å². The normalized spacial score (nSPS) is 18.0. The Morgan fingerprint density at radius 3 is 2.18 bits per heavy atom. The Bertz CT molecular complexity index is 983. The molecule has 4 heterocycles. The number of anilines is 4. The van der Waals surface area contributed by atoms with Gasteiger partial charge in [-0.25, -0.2) is 9.78 Å². The molecule has 3 N–H and O–H groups in total. The summed E-state index contributed by atoms with van der Waals surface area (Å²) in [5, 5.41) is 22.3. The Morgan fingerprint density at radius 2 is 1.68 bits per heavy atom. The van der Waals surface area contributed by atoms with Gasteiger partial charge in [0, 0.05) is 44.9 Å². The van der Waals surface area contributed by atoms with E-state index < -0.39 is 5.97 Å². The molecule has 0 saturated carbocycles. The third-order valence-corrected chi connectivity index (χ3v) is 7.96. The molecule has 0 aliphatic carbocycles. The second-order valence-corrected chi connectivity index (χ2v) is 10.4. The Hall–Kier alpha value is -2.50. The van der Waals surface area contributed by atoms with Crippen molar-refractivity contribution in [2.45, 2.75) is 45.1 Å². The molecule has 2 aliphatic heterocycles. The molecule has 0 spiro atoms. The molecule has 11 heteroatoms. The van der Waals surface area contributed by atoms with E-state index in [4.69, 9.17) is 9.97 Å². The summed E-state index contributed by atoms with van der Waals surface area (Å²) < 4.78 is 0. The molecule has 0 unspecified atom stereocenters. The van der Waals surface area contributed by atoms with Gasteiger partial charge in [0.05, 0.1) is 5.69 Å². The SMILES string of the molecule is Cc1nc(Nc2nc(N3CCC(CCO)CC3)cc(N3CCC(N(C)C)CC3)n2)sc1C(=O)O. The Balaban J connectivity index is 1.57. The molecular formula is C23H35N7O3S. The van der Waals surface area contributed by atoms with E-state index in [2.05, 4.69) is 45.2 Å². The summed E-state index contributed by atoms with van der Waals surface area (Å²) in [5.41, 5.74) is 0.480. The lowest BCUT2D eigenvalue weighted by Gasteiger charge is -2.37. The van der Waals surface area contributed by atoms with Crippen LogP contribution >= 0.6 is 11.3 Å². The minimum atomic E-state index is -0.979. The zero-order chi connectivity index (χ0) is 24.2. The van der Waals surface area contributed by atoms with Gasteiger partial charge < -0.3 is 24.9 Å². The van der Waals surface area contributed by atoms with Crippen molar-refractivity contribution in [3.63, 3.8) is 0 Å². The molecule has 34 heavy (non-hydrogen) atoms. The number of piperidine rings is 2. The Kier molecular flexibility index (Phi) is 7.84. The smallest absolute Gasteiger partial charge is 0.347 e. The number of aromatic carboxylic acids is 1. The van der Waals surface area contributed by atoms with E-state index >= 15 is 0 Å². The summed E-state index contributed by atoms with van der Waals surface area (Å²) in [7, 11) is 4.26. The van der Waals surface area contributed by atoms with Crippen molar-refractivity contribution in [3.8, 4) is 0 Å². The second-order valence-electron chi connectivity index (χ2n) is 9.40. The summed E-state index contributed by atoms with van der Waals surface area (Å²) in [6, 6.07) is 2.65. The van der Waals surface area contributed by atoms with E-state index in [-0.39, 0.29) is 11.5 Å². The number of aromatic nitrogens is 3. The summed E-state index contributed by atoms with van der Waals surface area (Å²) >= 11 is 1.10. The monoisotopic (exact) mass is 489 g/mol. The van der Waals surface area contributed by atoms with Crippen molar-refractivity contribution in [1.82, 2.24) is 19.9 Å². The number of nitrogens with one attached hydrogen (secondary N) is 1. The lowest BCUT2D eigenvalue weighted by atomic mass is 9.94. The fourth-order valence-corrected chi connectivity index (χ4v) is 5.59. The van der Waals surface area contributed by atoms with Crippen molar-refractivity contribution in [2.24, 2.45) is 5.92 Å². The van der Waals surface area contributed by atoms with Crippen LogP contribution in [0.1, 0.15) is 47.5 Å². The molecule has 10 nitrogen and oxygen atoms in total. The topological polar surface area (TPSA) is 118 Å². The van der Waals surface area contributed by atoms with Crippen LogP contribution in [0.5, 0.6) is 0 Å². The summed E-state index contributed by atoms with van der Waals surface area (Å²) in [4.78, 5) is 32.5. The van der Waals surface area contributed by atoms with Crippen molar-refractivity contribution in [3.05, 3.63) is 16.6 Å². The molecule has 0 amide bonds. The van der Waals surface area contributed by atoms with Gasteiger partial charge in [-0.05, 0) is 59.0 Å². The first-order chi connectivity index (χ1) is 16.3. The molecule has 186 valence electrons. The van der Waals surface area contributed by atoms with Crippen LogP contribution in [0.25, 0.3) is 0 Å². The predicted molar refractivity (Wildman–Crippen MR) is 135 cm³/mol. The number of aliphatic hydroxyl groups is 1. The number of hydrogen-bond acceptors (Lipinski definition) is 10. The van der Waals surface area contributed by atoms with Crippen LogP contribution < -0.4 is 15.1 Å². The van der Waals surface area contributed by atoms with E-state index in [9.17, 15) is 15.0 Å². The highest BCUT2D eigenvalue weighted by atomic mass is 32.1. The first kappa shape index (κ1) is 24.6. The van der Waals surface area contributed by atoms with Gasteiger partial charge in [-0.2, -0.15) is 9.97 Å². The molecule has 0 aromatic carbocycles. The van der Waals surface area contributed by atoms with E-state index in [0.29, 0.717) is 28.7 Å². The number of thiazole rings is 1. The third-order valence-electron chi connectivity index (χ3n) is 6.90.